The molecule has 0 atom stereocenters. The molecule has 0 saturated heterocycles. The molecular formula is C10H16N2O2. The molecular weight excluding hydrogens is 180 g/mol. The lowest BCUT2D eigenvalue weighted by Gasteiger charge is -2.09. The Labute approximate surface area is 83.3 Å². The van der Waals surface area contributed by atoms with Crippen molar-refractivity contribution in [3.63, 3.8) is 0 Å². The van der Waals surface area contributed by atoms with Crippen LogP contribution < -0.4 is 11.3 Å². The van der Waals surface area contributed by atoms with Crippen LogP contribution in [0.15, 0.2) is 23.1 Å². The molecule has 2 N–H and O–H groups in total. The first kappa shape index (κ1) is 10.8. The van der Waals surface area contributed by atoms with Gasteiger partial charge in [0.1, 0.15) is 0 Å². The molecule has 0 aromatic carbocycles. The standard InChI is InChI=1S/C10H16N2O2/c1-8(2)14-6-5-12-7-9(11)3-4-10(12)13/h3-4,7-8H,5-6,11H2,1-2H3. The molecule has 78 valence electrons. The molecule has 0 aliphatic carbocycles. The van der Waals surface area contributed by atoms with E-state index in [0.29, 0.717) is 18.8 Å². The van der Waals surface area contributed by atoms with E-state index in [9.17, 15) is 4.79 Å². The smallest absolute Gasteiger partial charge is 0.250 e. The minimum absolute atomic E-state index is 0.0495. The van der Waals surface area contributed by atoms with E-state index in [0.717, 1.165) is 0 Å². The Bertz CT molecular complexity index is 344. The summed E-state index contributed by atoms with van der Waals surface area (Å²) in [7, 11) is 0. The van der Waals surface area contributed by atoms with E-state index in [1.165, 1.54) is 6.07 Å². The van der Waals surface area contributed by atoms with E-state index in [4.69, 9.17) is 10.5 Å². The van der Waals surface area contributed by atoms with Gasteiger partial charge in [-0.2, -0.15) is 0 Å². The Morgan fingerprint density at radius 1 is 1.50 bits per heavy atom. The van der Waals surface area contributed by atoms with Gasteiger partial charge in [0.25, 0.3) is 5.56 Å². The Hall–Kier alpha value is -1.29. The summed E-state index contributed by atoms with van der Waals surface area (Å²) in [5.41, 5.74) is 6.10. The summed E-state index contributed by atoms with van der Waals surface area (Å²) in [6.07, 6.45) is 1.82. The van der Waals surface area contributed by atoms with E-state index >= 15 is 0 Å². The molecule has 0 spiro atoms. The van der Waals surface area contributed by atoms with Gasteiger partial charge in [0, 0.05) is 24.5 Å². The highest BCUT2D eigenvalue weighted by atomic mass is 16.5. The van der Waals surface area contributed by atoms with Gasteiger partial charge in [0.15, 0.2) is 0 Å². The number of ether oxygens (including phenoxy) is 1. The minimum atomic E-state index is -0.0495. The van der Waals surface area contributed by atoms with E-state index in [-0.39, 0.29) is 11.7 Å². The fourth-order valence-electron chi connectivity index (χ4n) is 1.11. The molecule has 4 nitrogen and oxygen atoms in total. The predicted molar refractivity (Wildman–Crippen MR) is 56.2 cm³/mol. The summed E-state index contributed by atoms with van der Waals surface area (Å²) in [6, 6.07) is 3.06. The van der Waals surface area contributed by atoms with Gasteiger partial charge in [-0.25, -0.2) is 0 Å². The number of hydrogen-bond donors (Lipinski definition) is 1. The van der Waals surface area contributed by atoms with Crippen molar-refractivity contribution in [1.29, 1.82) is 0 Å². The monoisotopic (exact) mass is 196 g/mol. The second-order valence-electron chi connectivity index (χ2n) is 3.41. The van der Waals surface area contributed by atoms with Gasteiger partial charge >= 0.3 is 0 Å². The largest absolute Gasteiger partial charge is 0.398 e. The lowest BCUT2D eigenvalue weighted by atomic mass is 10.4. The fraction of sp³-hybridized carbons (Fsp3) is 0.500. The van der Waals surface area contributed by atoms with E-state index in [1.54, 1.807) is 16.8 Å². The molecule has 1 heterocycles. The zero-order chi connectivity index (χ0) is 10.6. The third-order valence-electron chi connectivity index (χ3n) is 1.79. The van der Waals surface area contributed by atoms with Crippen LogP contribution in [0.3, 0.4) is 0 Å². The zero-order valence-electron chi connectivity index (χ0n) is 8.56. The first-order valence-corrected chi connectivity index (χ1v) is 4.67. The zero-order valence-corrected chi connectivity index (χ0v) is 8.56. The fourth-order valence-corrected chi connectivity index (χ4v) is 1.11. The summed E-state index contributed by atoms with van der Waals surface area (Å²) in [6.45, 7) is 4.99. The normalized spacial score (nSPS) is 10.8. The topological polar surface area (TPSA) is 57.2 Å². The van der Waals surface area contributed by atoms with Crippen LogP contribution in [0.1, 0.15) is 13.8 Å². The number of nitrogens with two attached hydrogens (primary N) is 1. The maximum atomic E-state index is 11.3. The van der Waals surface area contributed by atoms with Crippen molar-refractivity contribution >= 4 is 5.69 Å². The van der Waals surface area contributed by atoms with Crippen molar-refractivity contribution in [2.75, 3.05) is 12.3 Å². The number of hydrogen-bond acceptors (Lipinski definition) is 3. The van der Waals surface area contributed by atoms with Gasteiger partial charge in [-0.3, -0.25) is 4.79 Å². The highest BCUT2D eigenvalue weighted by Crippen LogP contribution is 1.96. The lowest BCUT2D eigenvalue weighted by molar-refractivity contribution is 0.0723. The number of aromatic nitrogens is 1. The van der Waals surface area contributed by atoms with E-state index in [1.807, 2.05) is 13.8 Å². The first-order valence-electron chi connectivity index (χ1n) is 4.67. The third kappa shape index (κ3) is 3.22. The second kappa shape index (κ2) is 4.81. The third-order valence-corrected chi connectivity index (χ3v) is 1.79. The maximum Gasteiger partial charge on any atom is 0.250 e. The van der Waals surface area contributed by atoms with Crippen molar-refractivity contribution in [2.45, 2.75) is 26.5 Å². The number of nitrogens with zero attached hydrogens (tertiary/aromatic N) is 1. The van der Waals surface area contributed by atoms with Crippen molar-refractivity contribution in [1.82, 2.24) is 4.57 Å². The van der Waals surface area contributed by atoms with Gasteiger partial charge in [-0.1, -0.05) is 0 Å². The molecule has 0 aliphatic rings. The average molecular weight is 196 g/mol. The number of rotatable bonds is 4. The van der Waals surface area contributed by atoms with Gasteiger partial charge < -0.3 is 15.0 Å². The summed E-state index contributed by atoms with van der Waals surface area (Å²) < 4.78 is 6.89. The molecule has 0 unspecified atom stereocenters. The number of pyridine rings is 1. The highest BCUT2D eigenvalue weighted by molar-refractivity contribution is 5.33. The van der Waals surface area contributed by atoms with Crippen molar-refractivity contribution < 1.29 is 4.74 Å². The summed E-state index contributed by atoms with van der Waals surface area (Å²) in [5.74, 6) is 0. The molecule has 14 heavy (non-hydrogen) atoms. The van der Waals surface area contributed by atoms with Crippen molar-refractivity contribution in [2.24, 2.45) is 0 Å². The molecule has 0 saturated carbocycles. The molecule has 1 aromatic rings. The van der Waals surface area contributed by atoms with Crippen LogP contribution in [0.25, 0.3) is 0 Å². The van der Waals surface area contributed by atoms with Gasteiger partial charge in [-0.05, 0) is 19.9 Å². The Morgan fingerprint density at radius 2 is 2.21 bits per heavy atom. The highest BCUT2D eigenvalue weighted by Gasteiger charge is 1.97. The van der Waals surface area contributed by atoms with Gasteiger partial charge in [-0.15, -0.1) is 0 Å². The van der Waals surface area contributed by atoms with Crippen LogP contribution in [0.4, 0.5) is 5.69 Å². The summed E-state index contributed by atoms with van der Waals surface area (Å²) in [4.78, 5) is 11.3. The molecule has 0 fully saturated rings. The minimum Gasteiger partial charge on any atom is -0.398 e. The van der Waals surface area contributed by atoms with Crippen LogP contribution in [0.5, 0.6) is 0 Å². The molecule has 1 aromatic heterocycles. The van der Waals surface area contributed by atoms with E-state index in [2.05, 4.69) is 0 Å². The second-order valence-corrected chi connectivity index (χ2v) is 3.41. The quantitative estimate of drug-likeness (QED) is 0.776. The molecule has 0 bridgehead atoms. The lowest BCUT2D eigenvalue weighted by Crippen LogP contribution is -2.22. The van der Waals surface area contributed by atoms with Gasteiger partial charge in [0.2, 0.25) is 0 Å². The maximum absolute atomic E-state index is 11.3. The Balaban J connectivity index is 2.58. The molecule has 0 radical (unpaired) electrons. The van der Waals surface area contributed by atoms with Crippen molar-refractivity contribution in [3.05, 3.63) is 28.7 Å². The van der Waals surface area contributed by atoms with Crippen LogP contribution in [0, 0.1) is 0 Å². The SMILES string of the molecule is CC(C)OCCn1cc(N)ccc1=O. The molecule has 0 aliphatic heterocycles. The van der Waals surface area contributed by atoms with Crippen LogP contribution >= 0.6 is 0 Å². The molecule has 0 amide bonds. The van der Waals surface area contributed by atoms with Crippen LogP contribution in [0.2, 0.25) is 0 Å². The molecule has 1 rings (SSSR count). The van der Waals surface area contributed by atoms with Crippen LogP contribution in [-0.4, -0.2) is 17.3 Å². The summed E-state index contributed by atoms with van der Waals surface area (Å²) in [5, 5.41) is 0. The number of anilines is 1. The summed E-state index contributed by atoms with van der Waals surface area (Å²) >= 11 is 0. The predicted octanol–water partition coefficient (Wildman–Crippen LogP) is 0.856. The van der Waals surface area contributed by atoms with E-state index < -0.39 is 0 Å². The van der Waals surface area contributed by atoms with Gasteiger partial charge in [0.05, 0.1) is 12.7 Å². The number of nitrogen functional groups attached to an aromatic ring is 1. The first-order chi connectivity index (χ1) is 6.59. The van der Waals surface area contributed by atoms with Crippen LogP contribution in [-0.2, 0) is 11.3 Å². The average Bonchev–Trinajstić information content (AvgIpc) is 2.10. The Morgan fingerprint density at radius 3 is 2.86 bits per heavy atom. The Kier molecular flexibility index (Phi) is 3.71. The van der Waals surface area contributed by atoms with Crippen molar-refractivity contribution in [3.8, 4) is 0 Å². The molecule has 4 heteroatoms.